The van der Waals surface area contributed by atoms with E-state index >= 15 is 0 Å². The van der Waals surface area contributed by atoms with Crippen molar-refractivity contribution in [2.75, 3.05) is 22.5 Å². The first-order valence-electron chi connectivity index (χ1n) is 10.3. The quantitative estimate of drug-likeness (QED) is 0.332. The zero-order valence-electron chi connectivity index (χ0n) is 18.4. The zero-order valence-corrected chi connectivity index (χ0v) is 19.2. The van der Waals surface area contributed by atoms with E-state index in [0.717, 1.165) is 24.3 Å². The van der Waals surface area contributed by atoms with E-state index < -0.39 is 21.7 Å². The molecule has 4 aromatic rings. The molecule has 0 saturated heterocycles. The van der Waals surface area contributed by atoms with Crippen LogP contribution in [0.3, 0.4) is 0 Å². The maximum absolute atomic E-state index is 13.2. The molecule has 4 rings (SSSR count). The summed E-state index contributed by atoms with van der Waals surface area (Å²) in [5.74, 6) is -0.344. The van der Waals surface area contributed by atoms with E-state index in [1.807, 2.05) is 0 Å². The van der Waals surface area contributed by atoms with Crippen LogP contribution >= 0.6 is 0 Å². The molecule has 1 heterocycles. The second-order valence-corrected chi connectivity index (χ2v) is 8.89. The number of amides is 1. The van der Waals surface area contributed by atoms with E-state index in [4.69, 9.17) is 4.74 Å². The van der Waals surface area contributed by atoms with Gasteiger partial charge in [0.25, 0.3) is 15.9 Å². The molecule has 9 nitrogen and oxygen atoms in total. The first-order chi connectivity index (χ1) is 16.8. The normalized spacial score (nSPS) is 10.9. The molecule has 0 aliphatic heterocycles. The highest BCUT2D eigenvalue weighted by molar-refractivity contribution is 7.92. The van der Waals surface area contributed by atoms with E-state index in [0.29, 0.717) is 22.9 Å². The molecule has 0 fully saturated rings. The SMILES string of the molecule is COc1ccc(NC(=O)c2cccc(Nc3ncccn3)c2)cc1NS(=O)(=O)c1ccc(F)cc1. The average Bonchev–Trinajstić information content (AvgIpc) is 2.85. The summed E-state index contributed by atoms with van der Waals surface area (Å²) in [4.78, 5) is 20.9. The van der Waals surface area contributed by atoms with Crippen molar-refractivity contribution in [1.82, 2.24) is 9.97 Å². The topological polar surface area (TPSA) is 122 Å². The average molecular weight is 494 g/mol. The van der Waals surface area contributed by atoms with E-state index in [2.05, 4.69) is 25.3 Å². The molecule has 3 N–H and O–H groups in total. The van der Waals surface area contributed by atoms with Gasteiger partial charge in [-0.25, -0.2) is 22.8 Å². The molecule has 35 heavy (non-hydrogen) atoms. The number of methoxy groups -OCH3 is 1. The standard InChI is InChI=1S/C24H20FN5O4S/c1-34-22-11-8-19(15-21(22)30-35(32,33)20-9-6-17(25)7-10-20)28-23(31)16-4-2-5-18(14-16)29-24-26-12-3-13-27-24/h2-15,30H,1H3,(H,28,31)(H,26,27,29). The Morgan fingerprint density at radius 2 is 1.66 bits per heavy atom. The van der Waals surface area contributed by atoms with Crippen LogP contribution in [0.1, 0.15) is 10.4 Å². The Morgan fingerprint density at radius 1 is 0.914 bits per heavy atom. The molecular weight excluding hydrogens is 473 g/mol. The number of benzene rings is 3. The Bertz CT molecular complexity index is 1450. The third kappa shape index (κ3) is 5.89. The number of rotatable bonds is 8. The minimum absolute atomic E-state index is 0.103. The van der Waals surface area contributed by atoms with Gasteiger partial charge in [-0.2, -0.15) is 0 Å². The van der Waals surface area contributed by atoms with Gasteiger partial charge in [0, 0.05) is 29.3 Å². The van der Waals surface area contributed by atoms with Gasteiger partial charge in [0.1, 0.15) is 11.6 Å². The lowest BCUT2D eigenvalue weighted by Crippen LogP contribution is -2.15. The maximum atomic E-state index is 13.2. The predicted octanol–water partition coefficient (Wildman–Crippen LogP) is 4.42. The molecule has 3 aromatic carbocycles. The number of hydrogen-bond acceptors (Lipinski definition) is 7. The fraction of sp³-hybridized carbons (Fsp3) is 0.0417. The van der Waals surface area contributed by atoms with Crippen LogP contribution in [0, 0.1) is 5.82 Å². The Morgan fingerprint density at radius 3 is 2.37 bits per heavy atom. The number of ether oxygens (including phenoxy) is 1. The Hall–Kier alpha value is -4.51. The Balaban J connectivity index is 1.53. The zero-order chi connectivity index (χ0) is 24.8. The first-order valence-corrected chi connectivity index (χ1v) is 11.7. The second kappa shape index (κ2) is 10.2. The summed E-state index contributed by atoms with van der Waals surface area (Å²) < 4.78 is 46.3. The van der Waals surface area contributed by atoms with Crippen molar-refractivity contribution in [2.24, 2.45) is 0 Å². The van der Waals surface area contributed by atoms with Crippen LogP contribution in [0.5, 0.6) is 5.75 Å². The number of hydrogen-bond donors (Lipinski definition) is 3. The first kappa shape index (κ1) is 23.6. The number of halogens is 1. The predicted molar refractivity (Wildman–Crippen MR) is 130 cm³/mol. The lowest BCUT2D eigenvalue weighted by Gasteiger charge is -2.14. The minimum atomic E-state index is -4.02. The van der Waals surface area contributed by atoms with Gasteiger partial charge >= 0.3 is 0 Å². The molecule has 0 aliphatic rings. The Kier molecular flexibility index (Phi) is 6.88. The Labute approximate surface area is 201 Å². The number of carbonyl (C=O) groups is 1. The van der Waals surface area contributed by atoms with Gasteiger partial charge in [0.15, 0.2) is 0 Å². The summed E-state index contributed by atoms with van der Waals surface area (Å²) >= 11 is 0. The molecule has 0 radical (unpaired) electrons. The summed E-state index contributed by atoms with van der Waals surface area (Å²) in [6.45, 7) is 0. The van der Waals surface area contributed by atoms with E-state index in [-0.39, 0.29) is 16.3 Å². The van der Waals surface area contributed by atoms with Crippen LogP contribution in [0.15, 0.2) is 90.1 Å². The minimum Gasteiger partial charge on any atom is -0.495 e. The van der Waals surface area contributed by atoms with Gasteiger partial charge in [-0.05, 0) is 66.7 Å². The van der Waals surface area contributed by atoms with Crippen molar-refractivity contribution in [2.45, 2.75) is 4.90 Å². The fourth-order valence-corrected chi connectivity index (χ4v) is 4.18. The molecule has 0 aliphatic carbocycles. The molecule has 0 spiro atoms. The molecule has 1 aromatic heterocycles. The lowest BCUT2D eigenvalue weighted by molar-refractivity contribution is 0.102. The van der Waals surface area contributed by atoms with Crippen molar-refractivity contribution < 1.29 is 22.3 Å². The van der Waals surface area contributed by atoms with Crippen LogP contribution < -0.4 is 20.1 Å². The van der Waals surface area contributed by atoms with Crippen molar-refractivity contribution >= 4 is 38.9 Å². The van der Waals surface area contributed by atoms with Gasteiger partial charge in [-0.3, -0.25) is 9.52 Å². The number of nitrogens with one attached hydrogen (secondary N) is 3. The van der Waals surface area contributed by atoms with Gasteiger partial charge < -0.3 is 15.4 Å². The molecule has 0 atom stereocenters. The molecule has 0 unspecified atom stereocenters. The van der Waals surface area contributed by atoms with Crippen LogP contribution in [-0.2, 0) is 10.0 Å². The van der Waals surface area contributed by atoms with Gasteiger partial charge in [0.2, 0.25) is 5.95 Å². The summed E-state index contributed by atoms with van der Waals surface area (Å²) in [5.41, 5.74) is 1.41. The fourth-order valence-electron chi connectivity index (χ4n) is 3.12. The molecule has 0 bridgehead atoms. The highest BCUT2D eigenvalue weighted by Crippen LogP contribution is 2.30. The molecule has 11 heteroatoms. The van der Waals surface area contributed by atoms with Gasteiger partial charge in [-0.1, -0.05) is 6.07 Å². The second-order valence-electron chi connectivity index (χ2n) is 7.21. The summed E-state index contributed by atoms with van der Waals surface area (Å²) in [5, 5.41) is 5.75. The van der Waals surface area contributed by atoms with Crippen LogP contribution in [0.4, 0.5) is 27.4 Å². The smallest absolute Gasteiger partial charge is 0.262 e. The number of aromatic nitrogens is 2. The van der Waals surface area contributed by atoms with Gasteiger partial charge in [0.05, 0.1) is 17.7 Å². The van der Waals surface area contributed by atoms with Crippen molar-refractivity contribution in [3.8, 4) is 5.75 Å². The van der Waals surface area contributed by atoms with Crippen LogP contribution in [-0.4, -0.2) is 31.4 Å². The van der Waals surface area contributed by atoms with Crippen molar-refractivity contribution in [3.05, 3.63) is 96.6 Å². The van der Waals surface area contributed by atoms with Gasteiger partial charge in [-0.15, -0.1) is 0 Å². The van der Waals surface area contributed by atoms with E-state index in [9.17, 15) is 17.6 Å². The summed E-state index contributed by atoms with van der Waals surface area (Å²) in [6.07, 6.45) is 3.19. The third-order valence-electron chi connectivity index (χ3n) is 4.77. The van der Waals surface area contributed by atoms with E-state index in [1.165, 1.54) is 19.2 Å². The van der Waals surface area contributed by atoms with E-state index in [1.54, 1.807) is 48.8 Å². The van der Waals surface area contributed by atoms with Crippen LogP contribution in [0.25, 0.3) is 0 Å². The summed E-state index contributed by atoms with van der Waals surface area (Å²) in [6, 6.07) is 17.4. The highest BCUT2D eigenvalue weighted by Gasteiger charge is 2.18. The maximum Gasteiger partial charge on any atom is 0.262 e. The lowest BCUT2D eigenvalue weighted by atomic mass is 10.1. The third-order valence-corrected chi connectivity index (χ3v) is 6.15. The largest absolute Gasteiger partial charge is 0.495 e. The number of sulfonamides is 1. The van der Waals surface area contributed by atoms with Crippen molar-refractivity contribution in [1.29, 1.82) is 0 Å². The molecule has 0 saturated carbocycles. The van der Waals surface area contributed by atoms with Crippen molar-refractivity contribution in [3.63, 3.8) is 0 Å². The molecule has 178 valence electrons. The summed E-state index contributed by atoms with van der Waals surface area (Å²) in [7, 11) is -2.64. The molecule has 1 amide bonds. The highest BCUT2D eigenvalue weighted by atomic mass is 32.2. The number of nitrogens with zero attached hydrogens (tertiary/aromatic N) is 2. The van der Waals surface area contributed by atoms with Crippen LogP contribution in [0.2, 0.25) is 0 Å². The number of carbonyl (C=O) groups excluding carboxylic acids is 1. The molecular formula is C24H20FN5O4S. The monoisotopic (exact) mass is 493 g/mol. The number of anilines is 4.